The zero-order valence-electron chi connectivity index (χ0n) is 37.7. The summed E-state index contributed by atoms with van der Waals surface area (Å²) in [6.07, 6.45) is 0. The first-order valence-electron chi connectivity index (χ1n) is 23.8. The molecule has 322 valence electrons. The Morgan fingerprint density at radius 3 is 1.43 bits per heavy atom. The van der Waals surface area contributed by atoms with Gasteiger partial charge >= 0.3 is 0 Å². The van der Waals surface area contributed by atoms with Crippen LogP contribution in [0.15, 0.2) is 265 Å². The van der Waals surface area contributed by atoms with Gasteiger partial charge in [-0.3, -0.25) is 0 Å². The van der Waals surface area contributed by atoms with Crippen molar-refractivity contribution in [2.24, 2.45) is 0 Å². The molecule has 0 fully saturated rings. The van der Waals surface area contributed by atoms with Gasteiger partial charge in [-0.2, -0.15) is 0 Å². The molecule has 1 aromatic heterocycles. The van der Waals surface area contributed by atoms with Gasteiger partial charge in [0.1, 0.15) is 11.2 Å². The molecule has 2 aliphatic carbocycles. The Hall–Kier alpha value is -8.98. The van der Waals surface area contributed by atoms with Crippen molar-refractivity contribution in [2.75, 3.05) is 4.90 Å². The quantitative estimate of drug-likeness (QED) is 0.159. The Labute approximate surface area is 401 Å². The molecule has 2 nitrogen and oxygen atoms in total. The monoisotopic (exact) mass is 877 g/mol. The highest BCUT2D eigenvalue weighted by Crippen LogP contribution is 2.64. The van der Waals surface area contributed by atoms with Gasteiger partial charge in [-0.25, -0.2) is 0 Å². The number of nitrogens with zero attached hydrogens (tertiary/aromatic N) is 1. The fourth-order valence-electron chi connectivity index (χ4n) is 11.9. The predicted molar refractivity (Wildman–Crippen MR) is 286 cm³/mol. The maximum absolute atomic E-state index is 6.83. The number of anilines is 3. The summed E-state index contributed by atoms with van der Waals surface area (Å²) in [6.45, 7) is 0. The van der Waals surface area contributed by atoms with Crippen LogP contribution < -0.4 is 4.90 Å². The Kier molecular flexibility index (Phi) is 8.84. The molecular weight excluding hydrogens is 835 g/mol. The molecule has 2 heteroatoms. The molecule has 0 radical (unpaired) electrons. The number of benzene rings is 11. The summed E-state index contributed by atoms with van der Waals surface area (Å²) in [5.41, 5.74) is 23.8. The van der Waals surface area contributed by atoms with Gasteiger partial charge in [-0.05, 0) is 103 Å². The smallest absolute Gasteiger partial charge is 0.143 e. The van der Waals surface area contributed by atoms with E-state index in [1.54, 1.807) is 0 Å². The van der Waals surface area contributed by atoms with Gasteiger partial charge in [0.25, 0.3) is 0 Å². The van der Waals surface area contributed by atoms with Gasteiger partial charge in [-0.1, -0.05) is 231 Å². The first-order valence-corrected chi connectivity index (χ1v) is 23.8. The van der Waals surface area contributed by atoms with Gasteiger partial charge in [-0.15, -0.1) is 0 Å². The summed E-state index contributed by atoms with van der Waals surface area (Å²) >= 11 is 0. The Balaban J connectivity index is 1.10. The van der Waals surface area contributed by atoms with Crippen LogP contribution >= 0.6 is 0 Å². The molecule has 1 spiro atoms. The van der Waals surface area contributed by atoms with E-state index >= 15 is 0 Å². The molecule has 0 bridgehead atoms. The highest BCUT2D eigenvalue weighted by molar-refractivity contribution is 6.11. The molecule has 69 heavy (non-hydrogen) atoms. The molecule has 12 aromatic rings. The molecule has 2 aliphatic rings. The standard InChI is InChI=1S/C67H43NO/c1-3-21-44(22-4-1)47-25-7-8-31-55(47)65-48(45-23-5-2-6-24-45)32-20-39-63(65)68(62-38-17-12-29-53(62)56-33-19-34-57-54-30-13-18-40-64(54)69-66(56)57)46-41-42-52-51-28-11-16-37-60(51)67(61(52)43-46)58-35-14-9-26-49(58)50-27-10-15-36-59(50)67/h1-43H. The SMILES string of the molecule is c1ccc(-c2ccccc2-c2c(-c3ccccc3)cccc2N(c2ccc3c(c2)C2(c4ccccc4-c4ccccc42)c2ccccc2-3)c2ccccc2-c2cccc3c2oc2ccccc23)cc1. The van der Waals surface area contributed by atoms with Gasteiger partial charge < -0.3 is 9.32 Å². The number of rotatable bonds is 7. The molecule has 14 rings (SSSR count). The van der Waals surface area contributed by atoms with E-state index in [0.29, 0.717) is 0 Å². The van der Waals surface area contributed by atoms with E-state index in [9.17, 15) is 0 Å². The van der Waals surface area contributed by atoms with E-state index in [1.165, 1.54) is 55.6 Å². The third-order valence-electron chi connectivity index (χ3n) is 14.7. The van der Waals surface area contributed by atoms with Crippen molar-refractivity contribution in [3.63, 3.8) is 0 Å². The van der Waals surface area contributed by atoms with Crippen LogP contribution in [0.5, 0.6) is 0 Å². The second-order valence-corrected chi connectivity index (χ2v) is 18.2. The van der Waals surface area contributed by atoms with Crippen LogP contribution in [-0.2, 0) is 5.41 Å². The van der Waals surface area contributed by atoms with Crippen LogP contribution in [-0.4, -0.2) is 0 Å². The minimum atomic E-state index is -0.519. The minimum Gasteiger partial charge on any atom is -0.455 e. The van der Waals surface area contributed by atoms with Crippen molar-refractivity contribution in [1.82, 2.24) is 0 Å². The van der Waals surface area contributed by atoms with Crippen molar-refractivity contribution in [3.05, 3.63) is 283 Å². The lowest BCUT2D eigenvalue weighted by molar-refractivity contribution is 0.670. The Morgan fingerprint density at radius 1 is 0.290 bits per heavy atom. The molecule has 1 heterocycles. The average Bonchev–Trinajstić information content (AvgIpc) is 4.06. The number of hydrogen-bond donors (Lipinski definition) is 0. The van der Waals surface area contributed by atoms with Crippen LogP contribution in [0.1, 0.15) is 22.3 Å². The fraction of sp³-hybridized carbons (Fsp3) is 0.0149. The maximum atomic E-state index is 6.83. The van der Waals surface area contributed by atoms with Gasteiger partial charge in [0.15, 0.2) is 0 Å². The van der Waals surface area contributed by atoms with Crippen molar-refractivity contribution < 1.29 is 4.42 Å². The van der Waals surface area contributed by atoms with E-state index in [4.69, 9.17) is 4.42 Å². The van der Waals surface area contributed by atoms with E-state index in [0.717, 1.165) is 72.4 Å². The number of furan rings is 1. The summed E-state index contributed by atoms with van der Waals surface area (Å²) in [7, 11) is 0. The Bertz CT molecular complexity index is 3910. The van der Waals surface area contributed by atoms with Crippen LogP contribution in [0.25, 0.3) is 88.7 Å². The number of fused-ring (bicyclic) bond motifs is 13. The summed E-state index contributed by atoms with van der Waals surface area (Å²) in [5, 5.41) is 2.21. The molecule has 11 aromatic carbocycles. The lowest BCUT2D eigenvalue weighted by Gasteiger charge is -2.34. The highest BCUT2D eigenvalue weighted by Gasteiger charge is 2.51. The van der Waals surface area contributed by atoms with Crippen molar-refractivity contribution in [2.45, 2.75) is 5.41 Å². The molecule has 0 saturated heterocycles. The summed E-state index contributed by atoms with van der Waals surface area (Å²) in [4.78, 5) is 2.53. The van der Waals surface area contributed by atoms with Crippen molar-refractivity contribution in [1.29, 1.82) is 0 Å². The fourth-order valence-corrected chi connectivity index (χ4v) is 11.9. The zero-order valence-corrected chi connectivity index (χ0v) is 37.7. The van der Waals surface area contributed by atoms with Crippen LogP contribution in [0.3, 0.4) is 0 Å². The van der Waals surface area contributed by atoms with Crippen LogP contribution in [0.4, 0.5) is 17.1 Å². The van der Waals surface area contributed by atoms with Gasteiger partial charge in [0.05, 0.1) is 16.8 Å². The first-order chi connectivity index (χ1) is 34.3. The summed E-state index contributed by atoms with van der Waals surface area (Å²) in [6, 6.07) is 95.7. The predicted octanol–water partition coefficient (Wildman–Crippen LogP) is 18.1. The van der Waals surface area contributed by atoms with E-state index in [1.807, 2.05) is 0 Å². The Morgan fingerprint density at radius 2 is 0.754 bits per heavy atom. The van der Waals surface area contributed by atoms with Crippen molar-refractivity contribution >= 4 is 39.0 Å². The second-order valence-electron chi connectivity index (χ2n) is 18.2. The molecule has 0 atom stereocenters. The van der Waals surface area contributed by atoms with Crippen LogP contribution in [0.2, 0.25) is 0 Å². The average molecular weight is 878 g/mol. The molecule has 0 saturated carbocycles. The first kappa shape index (κ1) is 39.2. The molecule has 0 amide bonds. The summed E-state index contributed by atoms with van der Waals surface area (Å²) in [5.74, 6) is 0. The number of hydrogen-bond acceptors (Lipinski definition) is 2. The van der Waals surface area contributed by atoms with E-state index < -0.39 is 5.41 Å². The lowest BCUT2D eigenvalue weighted by atomic mass is 9.70. The maximum Gasteiger partial charge on any atom is 0.143 e. The molecular formula is C67H43NO. The normalized spacial score (nSPS) is 12.8. The van der Waals surface area contributed by atoms with Gasteiger partial charge in [0.2, 0.25) is 0 Å². The van der Waals surface area contributed by atoms with E-state index in [2.05, 4.69) is 266 Å². The van der Waals surface area contributed by atoms with Crippen molar-refractivity contribution in [3.8, 4) is 66.8 Å². The zero-order chi connectivity index (χ0) is 45.5. The van der Waals surface area contributed by atoms with Crippen LogP contribution in [0, 0.1) is 0 Å². The largest absolute Gasteiger partial charge is 0.455 e. The van der Waals surface area contributed by atoms with Gasteiger partial charge in [0, 0.05) is 33.2 Å². The molecule has 0 N–H and O–H groups in total. The molecule has 0 unspecified atom stereocenters. The van der Waals surface area contributed by atoms with E-state index in [-0.39, 0.29) is 0 Å². The summed E-state index contributed by atoms with van der Waals surface area (Å²) < 4.78 is 6.83. The third kappa shape index (κ3) is 5.79. The number of para-hydroxylation sites is 3. The highest BCUT2D eigenvalue weighted by atomic mass is 16.3. The lowest BCUT2D eigenvalue weighted by Crippen LogP contribution is -2.26. The topological polar surface area (TPSA) is 16.4 Å². The second kappa shape index (κ2) is 15.6. The molecule has 0 aliphatic heterocycles. The third-order valence-corrected chi connectivity index (χ3v) is 14.7. The minimum absolute atomic E-state index is 0.519.